The van der Waals surface area contributed by atoms with E-state index in [9.17, 15) is 21.6 Å². The van der Waals surface area contributed by atoms with Gasteiger partial charge in [-0.3, -0.25) is 9.97 Å². The van der Waals surface area contributed by atoms with Crippen LogP contribution in [0.5, 0.6) is 5.75 Å². The molecule has 0 radical (unpaired) electrons. The van der Waals surface area contributed by atoms with E-state index in [2.05, 4.69) is 24.8 Å². The van der Waals surface area contributed by atoms with Gasteiger partial charge in [-0.2, -0.15) is 5.10 Å². The zero-order valence-electron chi connectivity index (χ0n) is 15.9. The first-order chi connectivity index (χ1) is 14.6. The van der Waals surface area contributed by atoms with Gasteiger partial charge in [0.25, 0.3) is 0 Å². The number of ether oxygens (including phenoxy) is 1. The van der Waals surface area contributed by atoms with Gasteiger partial charge in [-0.15, -0.1) is 13.2 Å². The van der Waals surface area contributed by atoms with Crippen molar-refractivity contribution in [2.24, 2.45) is 0 Å². The molecule has 0 saturated heterocycles. The van der Waals surface area contributed by atoms with Crippen LogP contribution in [0.4, 0.5) is 13.2 Å². The van der Waals surface area contributed by atoms with Gasteiger partial charge in [-0.25, -0.2) is 17.9 Å². The average Bonchev–Trinajstić information content (AvgIpc) is 3.10. The molecule has 31 heavy (non-hydrogen) atoms. The second kappa shape index (κ2) is 7.61. The summed E-state index contributed by atoms with van der Waals surface area (Å²) in [7, 11) is -3.45. The number of sulfone groups is 1. The SMILES string of the molecule is CS(=O)(=O)c1cncc(-c2nccn3nc(Cc4ccc(OC(F)(F)F)cc4)nc23)c1. The van der Waals surface area contributed by atoms with Crippen LogP contribution in [0.3, 0.4) is 0 Å². The number of fused-ring (bicyclic) bond motifs is 1. The molecule has 0 fully saturated rings. The average molecular weight is 449 g/mol. The third kappa shape index (κ3) is 4.79. The monoisotopic (exact) mass is 449 g/mol. The maximum absolute atomic E-state index is 12.3. The second-order valence-corrected chi connectivity index (χ2v) is 8.64. The minimum atomic E-state index is -4.75. The van der Waals surface area contributed by atoms with Crippen LogP contribution in [-0.4, -0.2) is 45.6 Å². The Morgan fingerprint density at radius 3 is 2.55 bits per heavy atom. The Bertz CT molecular complexity index is 1350. The molecule has 3 heterocycles. The molecule has 12 heteroatoms. The number of hydrogen-bond acceptors (Lipinski definition) is 7. The minimum absolute atomic E-state index is 0.0507. The van der Waals surface area contributed by atoms with Crippen molar-refractivity contribution in [1.82, 2.24) is 24.6 Å². The molecule has 0 bridgehead atoms. The van der Waals surface area contributed by atoms with E-state index in [1.165, 1.54) is 53.4 Å². The van der Waals surface area contributed by atoms with Gasteiger partial charge in [-0.1, -0.05) is 12.1 Å². The largest absolute Gasteiger partial charge is 0.573 e. The quantitative estimate of drug-likeness (QED) is 0.462. The zero-order valence-corrected chi connectivity index (χ0v) is 16.7. The van der Waals surface area contributed by atoms with Gasteiger partial charge in [0.05, 0.1) is 4.90 Å². The predicted molar refractivity (Wildman–Crippen MR) is 103 cm³/mol. The van der Waals surface area contributed by atoms with E-state index < -0.39 is 16.2 Å². The normalized spacial score (nSPS) is 12.3. The van der Waals surface area contributed by atoms with Crippen LogP contribution >= 0.6 is 0 Å². The Morgan fingerprint density at radius 2 is 1.87 bits per heavy atom. The fourth-order valence-corrected chi connectivity index (χ4v) is 3.48. The molecular weight excluding hydrogens is 435 g/mol. The molecule has 1 aromatic carbocycles. The minimum Gasteiger partial charge on any atom is -0.406 e. The third-order valence-electron chi connectivity index (χ3n) is 4.23. The van der Waals surface area contributed by atoms with Gasteiger partial charge < -0.3 is 4.74 Å². The number of aromatic nitrogens is 5. The van der Waals surface area contributed by atoms with Gasteiger partial charge in [0.1, 0.15) is 11.4 Å². The number of alkyl halides is 3. The molecule has 0 spiro atoms. The molecular formula is C19H14F3N5O3S. The Morgan fingerprint density at radius 1 is 1.13 bits per heavy atom. The number of hydrogen-bond donors (Lipinski definition) is 0. The molecule has 0 aliphatic heterocycles. The summed E-state index contributed by atoms with van der Waals surface area (Å²) in [5.41, 5.74) is 1.93. The van der Waals surface area contributed by atoms with E-state index in [4.69, 9.17) is 0 Å². The standard InChI is InChI=1S/C19H14F3N5O3S/c1-31(28,29)15-9-13(10-23-11-15)17-18-25-16(26-27(18)7-6-24-17)8-12-2-4-14(5-3-12)30-19(20,21)22/h2-7,9-11H,8H2,1H3. The Kier molecular flexibility index (Phi) is 5.09. The molecule has 4 rings (SSSR count). The molecule has 160 valence electrons. The zero-order chi connectivity index (χ0) is 22.2. The third-order valence-corrected chi connectivity index (χ3v) is 5.31. The van der Waals surface area contributed by atoms with Crippen LogP contribution in [0.1, 0.15) is 11.4 Å². The number of halogens is 3. The van der Waals surface area contributed by atoms with Gasteiger partial charge >= 0.3 is 6.36 Å². The van der Waals surface area contributed by atoms with Gasteiger partial charge in [0.2, 0.25) is 0 Å². The molecule has 4 aromatic rings. The van der Waals surface area contributed by atoms with Crippen molar-refractivity contribution in [3.63, 3.8) is 0 Å². The lowest BCUT2D eigenvalue weighted by molar-refractivity contribution is -0.274. The molecule has 0 unspecified atom stereocenters. The van der Waals surface area contributed by atoms with E-state index in [1.807, 2.05) is 0 Å². The smallest absolute Gasteiger partial charge is 0.406 e. The van der Waals surface area contributed by atoms with Crippen LogP contribution in [0.15, 0.2) is 60.0 Å². The summed E-state index contributed by atoms with van der Waals surface area (Å²) >= 11 is 0. The summed E-state index contributed by atoms with van der Waals surface area (Å²) in [5.74, 6) is 0.0925. The molecule has 0 aliphatic rings. The molecule has 0 N–H and O–H groups in total. The van der Waals surface area contributed by atoms with Crippen molar-refractivity contribution >= 4 is 15.5 Å². The van der Waals surface area contributed by atoms with Gasteiger partial charge in [0.15, 0.2) is 21.3 Å². The van der Waals surface area contributed by atoms with E-state index in [0.717, 1.165) is 6.26 Å². The van der Waals surface area contributed by atoms with E-state index in [-0.39, 0.29) is 17.1 Å². The van der Waals surface area contributed by atoms with Crippen molar-refractivity contribution in [3.05, 3.63) is 66.5 Å². The molecule has 0 amide bonds. The lowest BCUT2D eigenvalue weighted by atomic mass is 10.1. The molecule has 0 atom stereocenters. The van der Waals surface area contributed by atoms with Crippen molar-refractivity contribution < 1.29 is 26.3 Å². The fraction of sp³-hybridized carbons (Fsp3) is 0.158. The highest BCUT2D eigenvalue weighted by Gasteiger charge is 2.31. The van der Waals surface area contributed by atoms with Gasteiger partial charge in [-0.05, 0) is 23.8 Å². The Balaban J connectivity index is 1.64. The lowest BCUT2D eigenvalue weighted by Gasteiger charge is -2.08. The van der Waals surface area contributed by atoms with Crippen molar-refractivity contribution in [1.29, 1.82) is 0 Å². The Hall–Kier alpha value is -3.54. The summed E-state index contributed by atoms with van der Waals surface area (Å²) in [6.45, 7) is 0. The van der Waals surface area contributed by atoms with Crippen LogP contribution in [0.2, 0.25) is 0 Å². The number of pyridine rings is 1. The summed E-state index contributed by atoms with van der Waals surface area (Å²) in [5, 5.41) is 4.36. The predicted octanol–water partition coefficient (Wildman–Crippen LogP) is 3.08. The van der Waals surface area contributed by atoms with Crippen LogP contribution in [-0.2, 0) is 16.3 Å². The lowest BCUT2D eigenvalue weighted by Crippen LogP contribution is -2.17. The van der Waals surface area contributed by atoms with Crippen LogP contribution in [0, 0.1) is 0 Å². The number of benzene rings is 1. The molecule has 8 nitrogen and oxygen atoms in total. The van der Waals surface area contributed by atoms with E-state index in [0.29, 0.717) is 28.3 Å². The summed E-state index contributed by atoms with van der Waals surface area (Å²) in [4.78, 5) is 12.8. The second-order valence-electron chi connectivity index (χ2n) is 6.62. The summed E-state index contributed by atoms with van der Waals surface area (Å²) in [6, 6.07) is 6.87. The number of rotatable bonds is 5. The van der Waals surface area contributed by atoms with Gasteiger partial charge in [0, 0.05) is 43.0 Å². The van der Waals surface area contributed by atoms with Crippen molar-refractivity contribution in [2.45, 2.75) is 17.7 Å². The van der Waals surface area contributed by atoms with Crippen molar-refractivity contribution in [3.8, 4) is 17.0 Å². The first-order valence-electron chi connectivity index (χ1n) is 8.79. The topological polar surface area (TPSA) is 99.3 Å². The number of nitrogens with zero attached hydrogens (tertiary/aromatic N) is 5. The summed E-state index contributed by atoms with van der Waals surface area (Å²) < 4.78 is 65.9. The molecule has 0 aliphatic carbocycles. The molecule has 3 aromatic heterocycles. The molecule has 0 saturated carbocycles. The van der Waals surface area contributed by atoms with E-state index >= 15 is 0 Å². The summed E-state index contributed by atoms with van der Waals surface area (Å²) in [6.07, 6.45) is 2.40. The van der Waals surface area contributed by atoms with Crippen molar-refractivity contribution in [2.75, 3.05) is 6.26 Å². The highest BCUT2D eigenvalue weighted by atomic mass is 32.2. The first kappa shape index (κ1) is 20.7. The maximum atomic E-state index is 12.3. The highest BCUT2D eigenvalue weighted by Crippen LogP contribution is 2.25. The highest BCUT2D eigenvalue weighted by molar-refractivity contribution is 7.90. The Labute approximate surface area is 174 Å². The van der Waals surface area contributed by atoms with E-state index in [1.54, 1.807) is 6.20 Å². The first-order valence-corrected chi connectivity index (χ1v) is 10.7. The van der Waals surface area contributed by atoms with Crippen LogP contribution in [0.25, 0.3) is 16.9 Å². The fourth-order valence-electron chi connectivity index (χ4n) is 2.88. The maximum Gasteiger partial charge on any atom is 0.573 e. The van der Waals surface area contributed by atoms with Crippen LogP contribution < -0.4 is 4.74 Å².